The maximum Gasteiger partial charge on any atom is 0.125 e. The number of terminal acetylenes is 1. The highest BCUT2D eigenvalue weighted by atomic mass is 16.5. The van der Waals surface area contributed by atoms with Gasteiger partial charge in [-0.25, -0.2) is 0 Å². The van der Waals surface area contributed by atoms with Crippen LogP contribution in [0.4, 0.5) is 5.69 Å². The molecule has 1 saturated carbocycles. The predicted octanol–water partition coefficient (Wildman–Crippen LogP) is 4.76. The molecule has 0 bridgehead atoms. The number of nitrogens with one attached hydrogen (secondary N) is 1. The monoisotopic (exact) mass is 285 g/mol. The van der Waals surface area contributed by atoms with E-state index in [1.807, 2.05) is 6.92 Å². The van der Waals surface area contributed by atoms with Crippen LogP contribution < -0.4 is 10.1 Å². The van der Waals surface area contributed by atoms with Crippen LogP contribution >= 0.6 is 0 Å². The number of anilines is 1. The van der Waals surface area contributed by atoms with Gasteiger partial charge in [0.25, 0.3) is 0 Å². The summed E-state index contributed by atoms with van der Waals surface area (Å²) in [5.74, 6) is 4.04. The van der Waals surface area contributed by atoms with Gasteiger partial charge in [-0.2, -0.15) is 0 Å². The van der Waals surface area contributed by atoms with Crippen molar-refractivity contribution in [1.29, 1.82) is 0 Å². The Morgan fingerprint density at radius 2 is 1.86 bits per heavy atom. The predicted molar refractivity (Wildman–Crippen MR) is 90.1 cm³/mol. The van der Waals surface area contributed by atoms with Crippen molar-refractivity contribution in [3.8, 4) is 18.1 Å². The summed E-state index contributed by atoms with van der Waals surface area (Å²) in [4.78, 5) is 0. The molecule has 2 heteroatoms. The Kier molecular flexibility index (Phi) is 4.83. The lowest BCUT2D eigenvalue weighted by Crippen LogP contribution is -2.39. The average molecular weight is 285 g/mol. The summed E-state index contributed by atoms with van der Waals surface area (Å²) < 4.78 is 5.78. The number of aryl methyl sites for hydroxylation is 1. The minimum absolute atomic E-state index is 0.172. The molecule has 0 spiro atoms. The van der Waals surface area contributed by atoms with E-state index in [2.05, 4.69) is 38.1 Å². The van der Waals surface area contributed by atoms with E-state index >= 15 is 0 Å². The summed E-state index contributed by atoms with van der Waals surface area (Å²) in [5, 5.41) is 3.67. The smallest absolute Gasteiger partial charge is 0.125 e. The van der Waals surface area contributed by atoms with E-state index in [1.165, 1.54) is 36.0 Å². The van der Waals surface area contributed by atoms with E-state index in [4.69, 9.17) is 11.2 Å². The van der Waals surface area contributed by atoms with E-state index in [0.29, 0.717) is 6.61 Å². The van der Waals surface area contributed by atoms with E-state index in [1.54, 1.807) is 0 Å². The quantitative estimate of drug-likeness (QED) is 0.805. The molecule has 1 aliphatic carbocycles. The molecule has 0 unspecified atom stereocenters. The fourth-order valence-corrected chi connectivity index (χ4v) is 3.27. The first-order chi connectivity index (χ1) is 10.0. The second kappa shape index (κ2) is 6.43. The van der Waals surface area contributed by atoms with Crippen molar-refractivity contribution in [3.05, 3.63) is 22.8 Å². The second-order valence-electron chi connectivity index (χ2n) is 6.17. The largest absolute Gasteiger partial charge is 0.493 e. The van der Waals surface area contributed by atoms with Gasteiger partial charge in [0.2, 0.25) is 0 Å². The van der Waals surface area contributed by atoms with Gasteiger partial charge in [0.1, 0.15) is 5.75 Å². The molecule has 2 nitrogen and oxygen atoms in total. The molecule has 0 atom stereocenters. The molecule has 0 aliphatic heterocycles. The highest BCUT2D eigenvalue weighted by molar-refractivity contribution is 5.63. The van der Waals surface area contributed by atoms with Crippen molar-refractivity contribution in [2.45, 2.75) is 65.3 Å². The number of rotatable bonds is 4. The van der Waals surface area contributed by atoms with E-state index in [9.17, 15) is 0 Å². The van der Waals surface area contributed by atoms with Crippen molar-refractivity contribution in [3.63, 3.8) is 0 Å². The van der Waals surface area contributed by atoms with E-state index < -0.39 is 0 Å². The summed E-state index contributed by atoms with van der Waals surface area (Å²) in [6, 6.07) is 2.18. The van der Waals surface area contributed by atoms with Crippen LogP contribution in [0.25, 0.3) is 0 Å². The number of ether oxygens (including phenoxy) is 1. The van der Waals surface area contributed by atoms with Crippen molar-refractivity contribution in [2.75, 3.05) is 11.9 Å². The third-order valence-electron chi connectivity index (χ3n) is 4.67. The first-order valence-corrected chi connectivity index (χ1v) is 8.02. The molecule has 21 heavy (non-hydrogen) atoms. The Balaban J connectivity index is 2.34. The number of hydrogen-bond donors (Lipinski definition) is 1. The summed E-state index contributed by atoms with van der Waals surface area (Å²) in [5.41, 5.74) is 4.61. The van der Waals surface area contributed by atoms with Gasteiger partial charge < -0.3 is 10.1 Å². The highest BCUT2D eigenvalue weighted by Crippen LogP contribution is 2.36. The summed E-state index contributed by atoms with van der Waals surface area (Å²) in [7, 11) is 0. The normalized spacial score (nSPS) is 17.1. The zero-order valence-electron chi connectivity index (χ0n) is 13.8. The zero-order valence-corrected chi connectivity index (χ0v) is 13.8. The molecule has 1 aliphatic rings. The van der Waals surface area contributed by atoms with Crippen LogP contribution in [0.5, 0.6) is 5.75 Å². The van der Waals surface area contributed by atoms with E-state index in [-0.39, 0.29) is 5.54 Å². The fraction of sp³-hybridized carbons (Fsp3) is 0.579. The Hall–Kier alpha value is -1.62. The summed E-state index contributed by atoms with van der Waals surface area (Å²) in [6.45, 7) is 9.10. The molecule has 0 heterocycles. The molecule has 0 aromatic heterocycles. The molecular weight excluding hydrogens is 258 g/mol. The topological polar surface area (TPSA) is 21.3 Å². The minimum Gasteiger partial charge on any atom is -0.493 e. The first-order valence-electron chi connectivity index (χ1n) is 8.02. The van der Waals surface area contributed by atoms with Gasteiger partial charge in [0.15, 0.2) is 0 Å². The molecule has 1 fully saturated rings. The van der Waals surface area contributed by atoms with Crippen LogP contribution in [-0.4, -0.2) is 12.1 Å². The Morgan fingerprint density at radius 1 is 1.19 bits per heavy atom. The van der Waals surface area contributed by atoms with Gasteiger partial charge in [-0.1, -0.05) is 25.2 Å². The Labute approximate surface area is 129 Å². The van der Waals surface area contributed by atoms with Crippen molar-refractivity contribution >= 4 is 5.69 Å². The maximum absolute atomic E-state index is 5.85. The third kappa shape index (κ3) is 3.18. The maximum atomic E-state index is 5.85. The Bertz CT molecular complexity index is 548. The van der Waals surface area contributed by atoms with Gasteiger partial charge in [0, 0.05) is 5.69 Å². The molecule has 0 saturated heterocycles. The average Bonchev–Trinajstić information content (AvgIpc) is 2.50. The number of benzene rings is 1. The molecule has 1 aromatic rings. The third-order valence-corrected chi connectivity index (χ3v) is 4.67. The lowest BCUT2D eigenvalue weighted by Gasteiger charge is -2.35. The van der Waals surface area contributed by atoms with Gasteiger partial charge in [-0.15, -0.1) is 6.42 Å². The molecule has 1 aromatic carbocycles. The molecule has 1 N–H and O–H groups in total. The van der Waals surface area contributed by atoms with Gasteiger partial charge in [0.05, 0.1) is 12.1 Å². The highest BCUT2D eigenvalue weighted by Gasteiger charge is 2.30. The van der Waals surface area contributed by atoms with Gasteiger partial charge in [-0.3, -0.25) is 0 Å². The minimum atomic E-state index is -0.172. The summed E-state index contributed by atoms with van der Waals surface area (Å²) in [6.07, 6.45) is 11.7. The van der Waals surface area contributed by atoms with Crippen LogP contribution in [-0.2, 0) is 0 Å². The fourth-order valence-electron chi connectivity index (χ4n) is 3.27. The molecule has 114 valence electrons. The molecule has 2 rings (SSSR count). The molecular formula is C19H27NO. The lowest BCUT2D eigenvalue weighted by atomic mass is 9.82. The van der Waals surface area contributed by atoms with Crippen molar-refractivity contribution in [1.82, 2.24) is 0 Å². The standard InChI is InChI=1S/C19H27NO/c1-6-19(11-9-8-10-12-19)20-17-13-14(3)18(21-7-2)16(5)15(17)4/h1,13,20H,7-12H2,2-5H3. The van der Waals surface area contributed by atoms with Crippen molar-refractivity contribution in [2.24, 2.45) is 0 Å². The number of hydrogen-bond acceptors (Lipinski definition) is 2. The van der Waals surface area contributed by atoms with Crippen LogP contribution in [0.1, 0.15) is 55.7 Å². The SMILES string of the molecule is C#CC1(Nc2cc(C)c(OCC)c(C)c2C)CCCCC1. The molecule has 0 amide bonds. The van der Waals surface area contributed by atoms with Crippen LogP contribution in [0.3, 0.4) is 0 Å². The molecule has 0 radical (unpaired) electrons. The Morgan fingerprint density at radius 3 is 2.43 bits per heavy atom. The lowest BCUT2D eigenvalue weighted by molar-refractivity contribution is 0.335. The summed E-state index contributed by atoms with van der Waals surface area (Å²) >= 11 is 0. The first kappa shape index (κ1) is 15.8. The second-order valence-corrected chi connectivity index (χ2v) is 6.17. The van der Waals surface area contributed by atoms with Crippen LogP contribution in [0.15, 0.2) is 6.07 Å². The van der Waals surface area contributed by atoms with Crippen LogP contribution in [0, 0.1) is 33.1 Å². The van der Waals surface area contributed by atoms with Gasteiger partial charge in [-0.05, 0) is 63.3 Å². The van der Waals surface area contributed by atoms with E-state index in [0.717, 1.165) is 24.3 Å². The van der Waals surface area contributed by atoms with Crippen LogP contribution in [0.2, 0.25) is 0 Å². The zero-order chi connectivity index (χ0) is 15.5. The van der Waals surface area contributed by atoms with Gasteiger partial charge >= 0.3 is 0 Å². The van der Waals surface area contributed by atoms with Crippen molar-refractivity contribution < 1.29 is 4.74 Å².